The van der Waals surface area contributed by atoms with Crippen molar-refractivity contribution >= 4 is 21.8 Å². The van der Waals surface area contributed by atoms with Crippen LogP contribution in [0, 0.1) is 5.82 Å². The summed E-state index contributed by atoms with van der Waals surface area (Å²) in [4.78, 5) is 12.5. The third kappa shape index (κ3) is 5.41. The summed E-state index contributed by atoms with van der Waals surface area (Å²) in [5, 5.41) is 2.93. The maximum Gasteiger partial charge on any atom is 0.304 e. The van der Waals surface area contributed by atoms with Gasteiger partial charge in [-0.05, 0) is 25.0 Å². The zero-order valence-corrected chi connectivity index (χ0v) is 16.3. The third-order valence-electron chi connectivity index (χ3n) is 4.62. The smallest absolute Gasteiger partial charge is 0.304 e. The van der Waals surface area contributed by atoms with Gasteiger partial charge in [0.2, 0.25) is 5.91 Å². The van der Waals surface area contributed by atoms with E-state index >= 15 is 0 Å². The molecular formula is C18H28FN3O3S. The van der Waals surface area contributed by atoms with E-state index in [2.05, 4.69) is 5.32 Å². The van der Waals surface area contributed by atoms with Gasteiger partial charge >= 0.3 is 10.2 Å². The minimum absolute atomic E-state index is 0.0485. The second kappa shape index (κ2) is 9.32. The number of halogens is 1. The van der Waals surface area contributed by atoms with E-state index in [1.165, 1.54) is 38.7 Å². The Morgan fingerprint density at radius 1 is 1.12 bits per heavy atom. The molecule has 146 valence electrons. The molecule has 8 heteroatoms. The highest BCUT2D eigenvalue weighted by molar-refractivity contribution is 7.90. The lowest BCUT2D eigenvalue weighted by Crippen LogP contribution is -2.48. The van der Waals surface area contributed by atoms with E-state index in [0.717, 1.165) is 47.1 Å². The van der Waals surface area contributed by atoms with Crippen molar-refractivity contribution in [2.75, 3.05) is 24.9 Å². The van der Waals surface area contributed by atoms with Crippen LogP contribution < -0.4 is 9.62 Å². The van der Waals surface area contributed by atoms with Crippen LogP contribution in [0.25, 0.3) is 0 Å². The molecule has 1 aliphatic rings. The molecule has 0 aliphatic heterocycles. The second-order valence-corrected chi connectivity index (χ2v) is 8.92. The first-order valence-corrected chi connectivity index (χ1v) is 10.5. The zero-order valence-electron chi connectivity index (χ0n) is 15.4. The fraction of sp³-hybridized carbons (Fsp3) is 0.611. The average molecular weight is 386 g/mol. The van der Waals surface area contributed by atoms with Gasteiger partial charge in [-0.1, -0.05) is 44.2 Å². The van der Waals surface area contributed by atoms with Crippen LogP contribution in [0.4, 0.5) is 10.1 Å². The SMILES string of the molecule is CN(C)S(=O)(=O)N(CC(=O)NC1CCCCCCC1)c1ccccc1F. The van der Waals surface area contributed by atoms with E-state index in [1.54, 1.807) is 6.07 Å². The van der Waals surface area contributed by atoms with E-state index < -0.39 is 28.5 Å². The molecule has 0 unspecified atom stereocenters. The number of anilines is 1. The molecule has 0 radical (unpaired) electrons. The number of carbonyl (C=O) groups is 1. The first-order valence-electron chi connectivity index (χ1n) is 9.06. The molecule has 1 N–H and O–H groups in total. The van der Waals surface area contributed by atoms with Crippen LogP contribution in [0.15, 0.2) is 24.3 Å². The Bertz CT molecular complexity index is 701. The summed E-state index contributed by atoms with van der Waals surface area (Å²) in [5.74, 6) is -1.10. The number of para-hydroxylation sites is 1. The van der Waals surface area contributed by atoms with Gasteiger partial charge in [0, 0.05) is 20.1 Å². The highest BCUT2D eigenvalue weighted by Gasteiger charge is 2.29. The molecule has 2 rings (SSSR count). The molecule has 0 spiro atoms. The van der Waals surface area contributed by atoms with Crippen molar-refractivity contribution in [2.45, 2.75) is 51.0 Å². The Morgan fingerprint density at radius 3 is 2.27 bits per heavy atom. The van der Waals surface area contributed by atoms with Crippen LogP contribution in [0.3, 0.4) is 0 Å². The quantitative estimate of drug-likeness (QED) is 0.818. The largest absolute Gasteiger partial charge is 0.352 e. The minimum atomic E-state index is -4.00. The Hall–Kier alpha value is -1.67. The normalized spacial score (nSPS) is 16.8. The minimum Gasteiger partial charge on any atom is -0.352 e. The average Bonchev–Trinajstić information content (AvgIpc) is 2.55. The maximum atomic E-state index is 14.2. The van der Waals surface area contributed by atoms with Crippen LogP contribution in [0.1, 0.15) is 44.9 Å². The van der Waals surface area contributed by atoms with Gasteiger partial charge in [0.05, 0.1) is 5.69 Å². The number of nitrogens with one attached hydrogen (secondary N) is 1. The standard InChI is InChI=1S/C18H28FN3O3S/c1-21(2)26(24,25)22(17-13-9-8-12-16(17)19)14-18(23)20-15-10-6-4-3-5-7-11-15/h8-9,12-13,15H,3-7,10-11,14H2,1-2H3,(H,20,23). The fourth-order valence-electron chi connectivity index (χ4n) is 3.15. The monoisotopic (exact) mass is 385 g/mol. The van der Waals surface area contributed by atoms with Gasteiger partial charge < -0.3 is 5.32 Å². The molecule has 0 saturated heterocycles. The molecule has 1 saturated carbocycles. The van der Waals surface area contributed by atoms with Crippen molar-refractivity contribution in [1.82, 2.24) is 9.62 Å². The molecule has 1 amide bonds. The summed E-state index contributed by atoms with van der Waals surface area (Å²) in [7, 11) is -1.28. The summed E-state index contributed by atoms with van der Waals surface area (Å²) in [6.07, 6.45) is 7.43. The molecule has 0 atom stereocenters. The van der Waals surface area contributed by atoms with Crippen LogP contribution in [-0.4, -0.2) is 45.3 Å². The lowest BCUT2D eigenvalue weighted by atomic mass is 9.97. The maximum absolute atomic E-state index is 14.2. The molecule has 6 nitrogen and oxygen atoms in total. The summed E-state index contributed by atoms with van der Waals surface area (Å²) < 4.78 is 41.2. The molecule has 0 aromatic heterocycles. The second-order valence-electron chi connectivity index (χ2n) is 6.86. The van der Waals surface area contributed by atoms with Crippen molar-refractivity contribution in [3.05, 3.63) is 30.1 Å². The number of carbonyl (C=O) groups excluding carboxylic acids is 1. The number of amides is 1. The van der Waals surface area contributed by atoms with E-state index in [9.17, 15) is 17.6 Å². The van der Waals surface area contributed by atoms with E-state index in [4.69, 9.17) is 0 Å². The predicted molar refractivity (Wildman–Crippen MR) is 101 cm³/mol. The van der Waals surface area contributed by atoms with Gasteiger partial charge in [-0.3, -0.25) is 4.79 Å². The van der Waals surface area contributed by atoms with Crippen molar-refractivity contribution < 1.29 is 17.6 Å². The molecule has 1 aliphatic carbocycles. The molecule has 0 heterocycles. The fourth-order valence-corrected chi connectivity index (χ4v) is 4.22. The molecule has 1 aromatic rings. The molecule has 0 bridgehead atoms. The van der Waals surface area contributed by atoms with Crippen molar-refractivity contribution in [3.63, 3.8) is 0 Å². The Kier molecular flexibility index (Phi) is 7.40. The number of hydrogen-bond acceptors (Lipinski definition) is 3. The van der Waals surface area contributed by atoms with Crippen LogP contribution in [0.2, 0.25) is 0 Å². The highest BCUT2D eigenvalue weighted by atomic mass is 32.2. The lowest BCUT2D eigenvalue weighted by molar-refractivity contribution is -0.120. The Morgan fingerprint density at radius 2 is 1.69 bits per heavy atom. The zero-order chi connectivity index (χ0) is 19.2. The van der Waals surface area contributed by atoms with Gasteiger partial charge in [0.25, 0.3) is 0 Å². The Labute approximate surface area is 155 Å². The first-order chi connectivity index (χ1) is 12.3. The first kappa shape index (κ1) is 20.6. The molecule has 1 fully saturated rings. The predicted octanol–water partition coefficient (Wildman–Crippen LogP) is 2.67. The van der Waals surface area contributed by atoms with Gasteiger partial charge in [-0.15, -0.1) is 0 Å². The summed E-state index contributed by atoms with van der Waals surface area (Å²) in [6.45, 7) is -0.446. The van der Waals surface area contributed by atoms with E-state index in [0.29, 0.717) is 0 Å². The molecule has 26 heavy (non-hydrogen) atoms. The number of rotatable bonds is 6. The summed E-state index contributed by atoms with van der Waals surface area (Å²) in [6, 6.07) is 5.61. The van der Waals surface area contributed by atoms with E-state index in [-0.39, 0.29) is 11.7 Å². The topological polar surface area (TPSA) is 69.7 Å². The molecular weight excluding hydrogens is 357 g/mol. The summed E-state index contributed by atoms with van der Waals surface area (Å²) >= 11 is 0. The van der Waals surface area contributed by atoms with Gasteiger partial charge in [-0.25, -0.2) is 8.70 Å². The summed E-state index contributed by atoms with van der Waals surface area (Å²) in [5.41, 5.74) is -0.131. The lowest BCUT2D eigenvalue weighted by Gasteiger charge is -2.28. The molecule has 1 aromatic carbocycles. The Balaban J connectivity index is 2.16. The number of nitrogens with zero attached hydrogens (tertiary/aromatic N) is 2. The van der Waals surface area contributed by atoms with Crippen LogP contribution >= 0.6 is 0 Å². The van der Waals surface area contributed by atoms with Gasteiger partial charge in [0.1, 0.15) is 12.4 Å². The van der Waals surface area contributed by atoms with Crippen molar-refractivity contribution in [2.24, 2.45) is 0 Å². The highest BCUT2D eigenvalue weighted by Crippen LogP contribution is 2.23. The van der Waals surface area contributed by atoms with Gasteiger partial charge in [-0.2, -0.15) is 12.7 Å². The van der Waals surface area contributed by atoms with Crippen molar-refractivity contribution in [1.29, 1.82) is 0 Å². The van der Waals surface area contributed by atoms with Gasteiger partial charge in [0.15, 0.2) is 0 Å². The van der Waals surface area contributed by atoms with Crippen LogP contribution in [0.5, 0.6) is 0 Å². The third-order valence-corrected chi connectivity index (χ3v) is 6.42. The number of hydrogen-bond donors (Lipinski definition) is 1. The van der Waals surface area contributed by atoms with Crippen molar-refractivity contribution in [3.8, 4) is 0 Å². The van der Waals surface area contributed by atoms with E-state index in [1.807, 2.05) is 0 Å². The number of benzene rings is 1. The van der Waals surface area contributed by atoms with Crippen LogP contribution in [-0.2, 0) is 15.0 Å².